The van der Waals surface area contributed by atoms with Gasteiger partial charge in [0.05, 0.1) is 16.6 Å². The average Bonchev–Trinajstić information content (AvgIpc) is 3.09. The van der Waals surface area contributed by atoms with Gasteiger partial charge >= 0.3 is 0 Å². The van der Waals surface area contributed by atoms with Crippen LogP contribution in [0.2, 0.25) is 0 Å². The van der Waals surface area contributed by atoms with E-state index in [-0.39, 0.29) is 5.54 Å². The Morgan fingerprint density at radius 1 is 1.39 bits per heavy atom. The van der Waals surface area contributed by atoms with E-state index in [1.807, 2.05) is 6.07 Å². The van der Waals surface area contributed by atoms with Gasteiger partial charge < -0.3 is 10.3 Å². The second kappa shape index (κ2) is 4.09. The Hall–Kier alpha value is -1.35. The lowest BCUT2D eigenvalue weighted by atomic mass is 9.96. The lowest BCUT2D eigenvalue weighted by molar-refractivity contribution is 0.402. The van der Waals surface area contributed by atoms with Gasteiger partial charge in [-0.05, 0) is 38.3 Å². The lowest BCUT2D eigenvalue weighted by Crippen LogP contribution is -2.36. The summed E-state index contributed by atoms with van der Waals surface area (Å²) in [5.74, 6) is 1.06. The van der Waals surface area contributed by atoms with Crippen molar-refractivity contribution < 1.29 is 0 Å². The second-order valence-corrected chi connectivity index (χ2v) is 5.69. The first-order valence-electron chi connectivity index (χ1n) is 6.90. The number of hydrogen-bond acceptors (Lipinski definition) is 2. The van der Waals surface area contributed by atoms with Gasteiger partial charge in [0.15, 0.2) is 0 Å². The fraction of sp³-hybridized carbons (Fsp3) is 0.533. The standard InChI is InChI=1S/C15H21N3/c1-3-10-15(2,16)14-17-12-6-4-5-7-13(12)18(14)11-8-9-11/h4-7,11H,3,8-10,16H2,1-2H3. The highest BCUT2D eigenvalue weighted by atomic mass is 15.2. The van der Waals surface area contributed by atoms with Crippen molar-refractivity contribution in [1.82, 2.24) is 9.55 Å². The smallest absolute Gasteiger partial charge is 0.130 e. The molecule has 1 unspecified atom stereocenters. The predicted octanol–water partition coefficient (Wildman–Crippen LogP) is 3.35. The molecule has 18 heavy (non-hydrogen) atoms. The zero-order valence-electron chi connectivity index (χ0n) is 11.2. The number of benzene rings is 1. The molecule has 0 radical (unpaired) electrons. The Kier molecular flexibility index (Phi) is 2.67. The number of fused-ring (bicyclic) bond motifs is 1. The molecule has 0 bridgehead atoms. The van der Waals surface area contributed by atoms with Crippen molar-refractivity contribution in [3.63, 3.8) is 0 Å². The van der Waals surface area contributed by atoms with Crippen LogP contribution in [0.5, 0.6) is 0 Å². The van der Waals surface area contributed by atoms with E-state index in [0.717, 1.165) is 24.2 Å². The van der Waals surface area contributed by atoms with Crippen LogP contribution in [-0.4, -0.2) is 9.55 Å². The van der Waals surface area contributed by atoms with Gasteiger partial charge in [0.2, 0.25) is 0 Å². The third-order valence-electron chi connectivity index (χ3n) is 3.79. The molecule has 1 aromatic heterocycles. The van der Waals surface area contributed by atoms with Crippen molar-refractivity contribution in [2.24, 2.45) is 5.73 Å². The fourth-order valence-electron chi connectivity index (χ4n) is 2.78. The van der Waals surface area contributed by atoms with Crippen LogP contribution < -0.4 is 5.73 Å². The third kappa shape index (κ3) is 1.83. The van der Waals surface area contributed by atoms with Gasteiger partial charge in [0, 0.05) is 6.04 Å². The predicted molar refractivity (Wildman–Crippen MR) is 74.5 cm³/mol. The van der Waals surface area contributed by atoms with E-state index in [1.165, 1.54) is 18.4 Å². The van der Waals surface area contributed by atoms with Crippen LogP contribution in [-0.2, 0) is 5.54 Å². The molecule has 1 fully saturated rings. The monoisotopic (exact) mass is 243 g/mol. The van der Waals surface area contributed by atoms with Crippen molar-refractivity contribution in [1.29, 1.82) is 0 Å². The zero-order valence-corrected chi connectivity index (χ0v) is 11.2. The molecule has 1 atom stereocenters. The van der Waals surface area contributed by atoms with Gasteiger partial charge in [0.25, 0.3) is 0 Å². The Balaban J connectivity index is 2.18. The summed E-state index contributed by atoms with van der Waals surface area (Å²) in [5, 5.41) is 0. The maximum atomic E-state index is 6.50. The Bertz CT molecular complexity index is 564. The molecule has 2 aromatic rings. The molecule has 2 N–H and O–H groups in total. The number of para-hydroxylation sites is 2. The first kappa shape index (κ1) is 11.7. The summed E-state index contributed by atoms with van der Waals surface area (Å²) in [7, 11) is 0. The molecule has 1 aliphatic carbocycles. The SMILES string of the molecule is CCCC(C)(N)c1nc2ccccc2n1C1CC1. The molecule has 0 saturated heterocycles. The summed E-state index contributed by atoms with van der Waals surface area (Å²) >= 11 is 0. The van der Waals surface area contributed by atoms with Gasteiger partial charge in [-0.15, -0.1) is 0 Å². The van der Waals surface area contributed by atoms with Crippen LogP contribution in [0, 0.1) is 0 Å². The molecule has 3 heteroatoms. The van der Waals surface area contributed by atoms with Crippen LogP contribution in [0.3, 0.4) is 0 Å². The molecular formula is C15H21N3. The number of rotatable bonds is 4. The van der Waals surface area contributed by atoms with Crippen LogP contribution in [0.25, 0.3) is 11.0 Å². The number of nitrogens with zero attached hydrogens (tertiary/aromatic N) is 2. The highest BCUT2D eigenvalue weighted by molar-refractivity contribution is 5.76. The maximum Gasteiger partial charge on any atom is 0.130 e. The second-order valence-electron chi connectivity index (χ2n) is 5.69. The molecular weight excluding hydrogens is 222 g/mol. The molecule has 1 aromatic carbocycles. The molecule has 96 valence electrons. The summed E-state index contributed by atoms with van der Waals surface area (Å²) in [6.45, 7) is 4.28. The molecule has 1 aliphatic rings. The molecule has 1 saturated carbocycles. The van der Waals surface area contributed by atoms with Crippen molar-refractivity contribution in [2.75, 3.05) is 0 Å². The highest BCUT2D eigenvalue weighted by Gasteiger charge is 2.34. The van der Waals surface area contributed by atoms with Gasteiger partial charge in [-0.25, -0.2) is 4.98 Å². The minimum absolute atomic E-state index is 0.323. The third-order valence-corrected chi connectivity index (χ3v) is 3.79. The summed E-state index contributed by atoms with van der Waals surface area (Å²) in [5.41, 5.74) is 8.49. The van der Waals surface area contributed by atoms with E-state index in [4.69, 9.17) is 10.7 Å². The minimum atomic E-state index is -0.323. The van der Waals surface area contributed by atoms with Crippen molar-refractivity contribution in [2.45, 2.75) is 51.1 Å². The zero-order chi connectivity index (χ0) is 12.8. The fourth-order valence-corrected chi connectivity index (χ4v) is 2.78. The van der Waals surface area contributed by atoms with E-state index in [9.17, 15) is 0 Å². The van der Waals surface area contributed by atoms with E-state index >= 15 is 0 Å². The summed E-state index contributed by atoms with van der Waals surface area (Å²) in [6.07, 6.45) is 4.58. The number of aromatic nitrogens is 2. The Morgan fingerprint density at radius 2 is 2.11 bits per heavy atom. The summed E-state index contributed by atoms with van der Waals surface area (Å²) in [6, 6.07) is 8.99. The van der Waals surface area contributed by atoms with Crippen LogP contribution >= 0.6 is 0 Å². The maximum absolute atomic E-state index is 6.50. The molecule has 3 nitrogen and oxygen atoms in total. The lowest BCUT2D eigenvalue weighted by Gasteiger charge is -2.24. The molecule has 1 heterocycles. The van der Waals surface area contributed by atoms with Crippen LogP contribution in [0.15, 0.2) is 24.3 Å². The van der Waals surface area contributed by atoms with E-state index in [2.05, 4.69) is 36.6 Å². The highest BCUT2D eigenvalue weighted by Crippen LogP contribution is 2.41. The topological polar surface area (TPSA) is 43.8 Å². The van der Waals surface area contributed by atoms with Gasteiger partial charge in [0.1, 0.15) is 5.82 Å². The molecule has 0 amide bonds. The first-order valence-corrected chi connectivity index (χ1v) is 6.90. The van der Waals surface area contributed by atoms with E-state index in [0.29, 0.717) is 6.04 Å². The molecule has 0 spiro atoms. The van der Waals surface area contributed by atoms with E-state index in [1.54, 1.807) is 0 Å². The average molecular weight is 243 g/mol. The number of nitrogens with two attached hydrogens (primary N) is 1. The first-order chi connectivity index (χ1) is 8.63. The van der Waals surface area contributed by atoms with Crippen LogP contribution in [0.4, 0.5) is 0 Å². The number of hydrogen-bond donors (Lipinski definition) is 1. The van der Waals surface area contributed by atoms with Gasteiger partial charge in [-0.1, -0.05) is 25.5 Å². The largest absolute Gasteiger partial charge is 0.323 e. The number of imidazole rings is 1. The van der Waals surface area contributed by atoms with Gasteiger partial charge in [-0.3, -0.25) is 0 Å². The summed E-state index contributed by atoms with van der Waals surface area (Å²) in [4.78, 5) is 4.80. The minimum Gasteiger partial charge on any atom is -0.323 e. The molecule has 0 aliphatic heterocycles. The van der Waals surface area contributed by atoms with E-state index < -0.39 is 0 Å². The van der Waals surface area contributed by atoms with Gasteiger partial charge in [-0.2, -0.15) is 0 Å². The molecule has 3 rings (SSSR count). The van der Waals surface area contributed by atoms with Crippen LogP contribution in [0.1, 0.15) is 51.4 Å². The van der Waals surface area contributed by atoms with Crippen molar-refractivity contribution >= 4 is 11.0 Å². The van der Waals surface area contributed by atoms with Crippen molar-refractivity contribution in [3.05, 3.63) is 30.1 Å². The Morgan fingerprint density at radius 3 is 2.78 bits per heavy atom. The quantitative estimate of drug-likeness (QED) is 0.895. The normalized spacial score (nSPS) is 19.1. The Labute approximate surface area is 108 Å². The van der Waals surface area contributed by atoms with Crippen molar-refractivity contribution in [3.8, 4) is 0 Å². The summed E-state index contributed by atoms with van der Waals surface area (Å²) < 4.78 is 2.38.